The van der Waals surface area contributed by atoms with E-state index >= 15 is 0 Å². The molecule has 2 aliphatic rings. The number of hydrogen-bond acceptors (Lipinski definition) is 8. The van der Waals surface area contributed by atoms with Crippen LogP contribution in [-0.4, -0.2) is 55.1 Å². The second kappa shape index (κ2) is 9.99. The van der Waals surface area contributed by atoms with E-state index in [4.69, 9.17) is 9.47 Å². The number of fused-ring (bicyclic) bond motifs is 1. The smallest absolute Gasteiger partial charge is 0.241 e. The van der Waals surface area contributed by atoms with Crippen molar-refractivity contribution < 1.29 is 37.2 Å². The molecule has 1 aliphatic heterocycles. The van der Waals surface area contributed by atoms with Gasteiger partial charge in [-0.15, -0.1) is 0 Å². The van der Waals surface area contributed by atoms with Gasteiger partial charge in [-0.25, -0.2) is 18.1 Å². The summed E-state index contributed by atoms with van der Waals surface area (Å²) < 4.78 is 38.9. The highest BCUT2D eigenvalue weighted by Crippen LogP contribution is 2.51. The molecule has 38 heavy (non-hydrogen) atoms. The number of nitrogens with zero attached hydrogens (tertiary/aromatic N) is 1. The van der Waals surface area contributed by atoms with Crippen LogP contribution in [-0.2, 0) is 20.2 Å². The zero-order valence-electron chi connectivity index (χ0n) is 20.8. The van der Waals surface area contributed by atoms with Crippen molar-refractivity contribution in [3.63, 3.8) is 0 Å². The summed E-state index contributed by atoms with van der Waals surface area (Å²) in [7, 11) is -3.98. The minimum Gasteiger partial charge on any atom is -0.454 e. The Bertz CT molecular complexity index is 1460. The first-order valence-electron chi connectivity index (χ1n) is 12.3. The third-order valence-electron chi connectivity index (χ3n) is 7.19. The van der Waals surface area contributed by atoms with Crippen molar-refractivity contribution >= 4 is 21.7 Å². The summed E-state index contributed by atoms with van der Waals surface area (Å²) >= 11 is 0. The van der Waals surface area contributed by atoms with Crippen molar-refractivity contribution in [2.24, 2.45) is 0 Å². The van der Waals surface area contributed by atoms with Gasteiger partial charge >= 0.3 is 0 Å². The summed E-state index contributed by atoms with van der Waals surface area (Å²) in [6.45, 7) is 0.782. The van der Waals surface area contributed by atoms with Crippen molar-refractivity contribution in [2.45, 2.75) is 42.0 Å². The Hall–Kier alpha value is -3.51. The number of aliphatic hydroxyl groups is 2. The number of sulfonamides is 1. The maximum absolute atomic E-state index is 13.3. The molecule has 5 rings (SSSR count). The number of aliphatic hydroxyl groups excluding tert-OH is 2. The van der Waals surface area contributed by atoms with Gasteiger partial charge < -0.3 is 25.0 Å². The molecule has 1 aromatic heterocycles. The molecule has 0 radical (unpaired) electrons. The first kappa shape index (κ1) is 26.1. The molecule has 1 fully saturated rings. The number of carbonyl (C=O) groups excluding carboxylic acids is 1. The number of pyridine rings is 1. The average Bonchev–Trinajstić information content (AvgIpc) is 3.62. The second-order valence-electron chi connectivity index (χ2n) is 9.59. The summed E-state index contributed by atoms with van der Waals surface area (Å²) in [5, 5.41) is 22.1. The zero-order chi connectivity index (χ0) is 27.0. The third kappa shape index (κ3) is 4.85. The Labute approximate surface area is 225 Å². The van der Waals surface area contributed by atoms with Crippen LogP contribution in [0.1, 0.15) is 36.0 Å². The van der Waals surface area contributed by atoms with Gasteiger partial charge in [-0.05, 0) is 61.2 Å². The van der Waals surface area contributed by atoms with Gasteiger partial charge in [0.25, 0.3) is 0 Å². The molecule has 1 saturated carbocycles. The lowest BCUT2D eigenvalue weighted by Gasteiger charge is -2.29. The number of ether oxygens (including phenoxy) is 2. The van der Waals surface area contributed by atoms with E-state index in [0.717, 1.165) is 5.56 Å². The molecule has 1 aliphatic carbocycles. The van der Waals surface area contributed by atoms with Crippen molar-refractivity contribution in [1.82, 2.24) is 9.71 Å². The monoisotopic (exact) mass is 545 g/mol. The molecule has 0 unspecified atom stereocenters. The van der Waals surface area contributed by atoms with Crippen LogP contribution < -0.4 is 19.5 Å². The van der Waals surface area contributed by atoms with E-state index in [1.807, 2.05) is 18.2 Å². The molecule has 10 nitrogen and oxygen atoms in total. The summed E-state index contributed by atoms with van der Waals surface area (Å²) in [6, 6.07) is 16.9. The van der Waals surface area contributed by atoms with E-state index in [1.54, 1.807) is 37.3 Å². The number of hydrogen-bond donors (Lipinski definition) is 4. The standard InChI is InChI=1S/C27H29N3O7S.3H2/c1-2-26(15-31,16-32)30-38(34,35)20-9-6-18(7-10-20)21-4-3-5-24(28-21)29-25(33)27(12-13-27)19-8-11-22-23(14-19)37-17-36-22;;;/h3-11,14,30-32H,2,12-13,15-17H2,1H3,(H,28,29,33);3*1H. The van der Waals surface area contributed by atoms with Gasteiger partial charge in [-0.2, -0.15) is 0 Å². The Morgan fingerprint density at radius 3 is 2.42 bits per heavy atom. The van der Waals surface area contributed by atoms with Crippen LogP contribution in [0.5, 0.6) is 11.5 Å². The molecule has 0 bridgehead atoms. The minimum atomic E-state index is -3.98. The average molecular weight is 546 g/mol. The number of anilines is 1. The van der Waals surface area contributed by atoms with Crippen LogP contribution in [0.4, 0.5) is 5.82 Å². The van der Waals surface area contributed by atoms with E-state index in [-0.39, 0.29) is 28.3 Å². The Morgan fingerprint density at radius 2 is 1.76 bits per heavy atom. The quantitative estimate of drug-likeness (QED) is 0.303. The fourth-order valence-electron chi connectivity index (χ4n) is 4.43. The second-order valence-corrected chi connectivity index (χ2v) is 11.3. The molecule has 0 atom stereocenters. The van der Waals surface area contributed by atoms with E-state index in [0.29, 0.717) is 41.4 Å². The molecule has 2 aromatic carbocycles. The first-order valence-corrected chi connectivity index (χ1v) is 13.8. The summed E-state index contributed by atoms with van der Waals surface area (Å²) in [4.78, 5) is 17.8. The molecule has 206 valence electrons. The number of benzene rings is 2. The summed E-state index contributed by atoms with van der Waals surface area (Å²) in [6.07, 6.45) is 1.65. The SMILES string of the molecule is CCC(CO)(CO)NS(=O)(=O)c1ccc(-c2cccc(NC(=O)C3(c4ccc5c(c4)OCO5)CC3)n2)cc1.[HH].[HH].[HH]. The van der Waals surface area contributed by atoms with Crippen molar-refractivity contribution in [3.8, 4) is 22.8 Å². The Balaban J connectivity index is 0.00000196. The van der Waals surface area contributed by atoms with E-state index in [9.17, 15) is 23.4 Å². The first-order chi connectivity index (χ1) is 18.2. The minimum absolute atomic E-state index is 0. The maximum atomic E-state index is 13.3. The van der Waals surface area contributed by atoms with Crippen LogP contribution in [0, 0.1) is 0 Å². The molecule has 1 amide bonds. The van der Waals surface area contributed by atoms with Gasteiger partial charge in [-0.3, -0.25) is 4.79 Å². The van der Waals surface area contributed by atoms with Crippen LogP contribution in [0.15, 0.2) is 65.6 Å². The highest BCUT2D eigenvalue weighted by Gasteiger charge is 2.51. The third-order valence-corrected chi connectivity index (χ3v) is 8.79. The number of nitrogens with one attached hydrogen (secondary N) is 2. The lowest BCUT2D eigenvalue weighted by molar-refractivity contribution is -0.118. The molecule has 11 heteroatoms. The highest BCUT2D eigenvalue weighted by molar-refractivity contribution is 7.89. The lowest BCUT2D eigenvalue weighted by Crippen LogP contribution is -2.53. The van der Waals surface area contributed by atoms with Crippen molar-refractivity contribution in [1.29, 1.82) is 0 Å². The number of carbonyl (C=O) groups is 1. The van der Waals surface area contributed by atoms with Crippen molar-refractivity contribution in [3.05, 3.63) is 66.2 Å². The van der Waals surface area contributed by atoms with Crippen LogP contribution in [0.3, 0.4) is 0 Å². The maximum Gasteiger partial charge on any atom is 0.241 e. The van der Waals surface area contributed by atoms with Gasteiger partial charge in [0.05, 0.1) is 34.8 Å². The Kier molecular flexibility index (Phi) is 6.86. The number of amides is 1. The Morgan fingerprint density at radius 1 is 1.05 bits per heavy atom. The molecular weight excluding hydrogens is 510 g/mol. The van der Waals surface area contributed by atoms with Gasteiger partial charge in [0.15, 0.2) is 11.5 Å². The topological polar surface area (TPSA) is 147 Å². The highest BCUT2D eigenvalue weighted by atomic mass is 32.2. The van der Waals surface area contributed by atoms with Gasteiger partial charge in [0, 0.05) is 9.84 Å². The van der Waals surface area contributed by atoms with E-state index < -0.39 is 34.2 Å². The van der Waals surface area contributed by atoms with Crippen LogP contribution in [0.25, 0.3) is 11.3 Å². The molecule has 2 heterocycles. The van der Waals surface area contributed by atoms with Crippen LogP contribution >= 0.6 is 0 Å². The summed E-state index contributed by atoms with van der Waals surface area (Å²) in [5.74, 6) is 1.54. The zero-order valence-corrected chi connectivity index (χ0v) is 21.6. The molecule has 0 spiro atoms. The fraction of sp³-hybridized carbons (Fsp3) is 0.333. The molecule has 3 aromatic rings. The number of rotatable bonds is 10. The number of aromatic nitrogens is 1. The molecule has 0 saturated heterocycles. The van der Waals surface area contributed by atoms with Gasteiger partial charge in [0.2, 0.25) is 22.7 Å². The van der Waals surface area contributed by atoms with Crippen molar-refractivity contribution in [2.75, 3.05) is 25.3 Å². The molecular formula is C27H35N3O7S. The largest absolute Gasteiger partial charge is 0.454 e. The fourth-order valence-corrected chi connectivity index (χ4v) is 5.88. The van der Waals surface area contributed by atoms with E-state index in [1.165, 1.54) is 12.1 Å². The van der Waals surface area contributed by atoms with Gasteiger partial charge in [-0.1, -0.05) is 31.2 Å². The summed E-state index contributed by atoms with van der Waals surface area (Å²) in [5.41, 5.74) is 0.100. The lowest BCUT2D eigenvalue weighted by atomic mass is 9.94. The molecule has 4 N–H and O–H groups in total. The predicted octanol–water partition coefficient (Wildman–Crippen LogP) is 3.30. The van der Waals surface area contributed by atoms with Gasteiger partial charge in [0.1, 0.15) is 5.82 Å². The van der Waals surface area contributed by atoms with Crippen LogP contribution in [0.2, 0.25) is 0 Å². The van der Waals surface area contributed by atoms with E-state index in [2.05, 4.69) is 15.0 Å². The predicted molar refractivity (Wildman–Crippen MR) is 146 cm³/mol. The normalized spacial score (nSPS) is 15.8.